The summed E-state index contributed by atoms with van der Waals surface area (Å²) < 4.78 is 12.2. The number of carbonyl (C=O) groups excluding carboxylic acids is 3. The lowest BCUT2D eigenvalue weighted by Crippen LogP contribution is -2.61. The maximum atomic E-state index is 14.9. The van der Waals surface area contributed by atoms with Crippen molar-refractivity contribution >= 4 is 17.8 Å². The van der Waals surface area contributed by atoms with Crippen LogP contribution >= 0.6 is 0 Å². The van der Waals surface area contributed by atoms with Gasteiger partial charge in [-0.25, -0.2) is 0 Å². The van der Waals surface area contributed by atoms with Gasteiger partial charge in [0.1, 0.15) is 24.2 Å². The van der Waals surface area contributed by atoms with E-state index in [2.05, 4.69) is 33.9 Å². The van der Waals surface area contributed by atoms with Gasteiger partial charge in [0.05, 0.1) is 24.2 Å². The van der Waals surface area contributed by atoms with Gasteiger partial charge in [0.25, 0.3) is 0 Å². The van der Waals surface area contributed by atoms with Crippen molar-refractivity contribution in [2.45, 2.75) is 89.6 Å². The summed E-state index contributed by atoms with van der Waals surface area (Å²) >= 11 is 0. The highest BCUT2D eigenvalue weighted by Gasteiger charge is 2.79. The number of amides is 2. The smallest absolute Gasteiger partial charge is 0.313 e. The van der Waals surface area contributed by atoms with Crippen LogP contribution in [0, 0.1) is 17.3 Å². The fourth-order valence-corrected chi connectivity index (χ4v) is 7.90. The lowest BCUT2D eigenvalue weighted by atomic mass is 9.66. The minimum absolute atomic E-state index is 0.0166. The molecule has 0 aliphatic carbocycles. The van der Waals surface area contributed by atoms with Crippen LogP contribution in [0.5, 0.6) is 0 Å². The second-order valence-corrected chi connectivity index (χ2v) is 13.8. The molecule has 0 saturated carbocycles. The largest absolute Gasteiger partial charge is 0.461 e. The van der Waals surface area contributed by atoms with E-state index in [-0.39, 0.29) is 30.4 Å². The maximum Gasteiger partial charge on any atom is 0.313 e. The first-order chi connectivity index (χ1) is 19.2. The summed E-state index contributed by atoms with van der Waals surface area (Å²) in [6.07, 6.45) is 4.83. The Kier molecular flexibility index (Phi) is 8.33. The summed E-state index contributed by atoms with van der Waals surface area (Å²) in [5.74, 6) is -2.97. The van der Waals surface area contributed by atoms with Gasteiger partial charge in [0, 0.05) is 12.1 Å². The Morgan fingerprint density at radius 1 is 1.17 bits per heavy atom. The van der Waals surface area contributed by atoms with Crippen molar-refractivity contribution < 1.29 is 29.0 Å². The molecule has 3 aliphatic rings. The van der Waals surface area contributed by atoms with Crippen LogP contribution < -0.4 is 0 Å². The SMILES string of the molecule is C=CCOC(=O)[C@H]1[C@H]2C(=O)N([C@H](CO)c3ccccc3)C(C(=O)N(CC=C)C(C)(C)CC(C)(C)C)C23CC[C@]1(C)O3. The molecule has 1 N–H and O–H groups in total. The molecule has 2 unspecified atom stereocenters. The highest BCUT2D eigenvalue weighted by Crippen LogP contribution is 2.64. The summed E-state index contributed by atoms with van der Waals surface area (Å²) in [4.78, 5) is 46.3. The van der Waals surface area contributed by atoms with Gasteiger partial charge in [-0.15, -0.1) is 6.58 Å². The van der Waals surface area contributed by atoms with E-state index < -0.39 is 53.2 Å². The van der Waals surface area contributed by atoms with Crippen LogP contribution in [0.4, 0.5) is 0 Å². The van der Waals surface area contributed by atoms with Gasteiger partial charge < -0.3 is 24.4 Å². The number of hydrogen-bond donors (Lipinski definition) is 1. The molecule has 41 heavy (non-hydrogen) atoms. The first-order valence-electron chi connectivity index (χ1n) is 14.6. The van der Waals surface area contributed by atoms with Crippen LogP contribution in [-0.4, -0.2) is 75.2 Å². The molecule has 1 spiro atoms. The molecule has 6 atom stereocenters. The molecule has 3 saturated heterocycles. The van der Waals surface area contributed by atoms with Crippen molar-refractivity contribution in [1.82, 2.24) is 9.80 Å². The normalized spacial score (nSPS) is 29.7. The number of aliphatic hydroxyl groups is 1. The number of hydrogen-bond acceptors (Lipinski definition) is 6. The van der Waals surface area contributed by atoms with Gasteiger partial charge in [-0.1, -0.05) is 69.8 Å². The molecule has 2 bridgehead atoms. The van der Waals surface area contributed by atoms with Crippen molar-refractivity contribution in [1.29, 1.82) is 0 Å². The lowest BCUT2D eigenvalue weighted by molar-refractivity contribution is -0.163. The molecular formula is C33H46N2O6. The molecule has 3 fully saturated rings. The second-order valence-electron chi connectivity index (χ2n) is 13.8. The Morgan fingerprint density at radius 2 is 1.83 bits per heavy atom. The summed E-state index contributed by atoms with van der Waals surface area (Å²) in [6.45, 7) is 19.7. The maximum absolute atomic E-state index is 14.9. The molecule has 224 valence electrons. The standard InChI is InChI=1S/C33H46N2O6/c1-9-18-34(31(6,7)21-30(3,4)5)28(38)26-33-17-16-32(8,41-33)25(29(39)40-19-10-2)24(33)27(37)35(26)23(20-36)22-14-12-11-13-15-22/h9-15,23-26,36H,1-2,16-21H2,3-8H3/t23-,24+,25-,26?,32+,33?/m1/s1. The van der Waals surface area contributed by atoms with Gasteiger partial charge in [-0.2, -0.15) is 0 Å². The molecule has 1 aromatic rings. The Labute approximate surface area is 244 Å². The minimum atomic E-state index is -1.24. The van der Waals surface area contributed by atoms with Gasteiger partial charge in [-0.3, -0.25) is 14.4 Å². The number of esters is 1. The van der Waals surface area contributed by atoms with Gasteiger partial charge in [0.2, 0.25) is 11.8 Å². The van der Waals surface area contributed by atoms with Crippen LogP contribution in [0.3, 0.4) is 0 Å². The van der Waals surface area contributed by atoms with E-state index in [0.29, 0.717) is 24.8 Å². The van der Waals surface area contributed by atoms with Crippen molar-refractivity contribution in [3.63, 3.8) is 0 Å². The van der Waals surface area contributed by atoms with Crippen LogP contribution in [0.2, 0.25) is 0 Å². The Morgan fingerprint density at radius 3 is 2.39 bits per heavy atom. The van der Waals surface area contributed by atoms with E-state index in [4.69, 9.17) is 9.47 Å². The first-order valence-corrected chi connectivity index (χ1v) is 14.6. The number of likely N-dealkylation sites (tertiary alicyclic amines) is 1. The molecule has 2 amide bonds. The number of ether oxygens (including phenoxy) is 2. The number of nitrogens with zero attached hydrogens (tertiary/aromatic N) is 2. The average molecular weight is 567 g/mol. The topological polar surface area (TPSA) is 96.4 Å². The quantitative estimate of drug-likeness (QED) is 0.314. The number of carbonyl (C=O) groups is 3. The molecule has 1 aromatic carbocycles. The third-order valence-electron chi connectivity index (χ3n) is 9.01. The van der Waals surface area contributed by atoms with E-state index in [9.17, 15) is 19.5 Å². The monoisotopic (exact) mass is 566 g/mol. The van der Waals surface area contributed by atoms with Crippen molar-refractivity contribution in [2.75, 3.05) is 19.8 Å². The fraction of sp³-hybridized carbons (Fsp3) is 0.606. The predicted molar refractivity (Wildman–Crippen MR) is 157 cm³/mol. The van der Waals surface area contributed by atoms with Crippen molar-refractivity contribution in [3.05, 3.63) is 61.2 Å². The third kappa shape index (κ3) is 5.25. The van der Waals surface area contributed by atoms with E-state index in [1.54, 1.807) is 11.0 Å². The molecule has 3 aliphatic heterocycles. The summed E-state index contributed by atoms with van der Waals surface area (Å²) in [7, 11) is 0. The number of rotatable bonds is 11. The molecule has 0 radical (unpaired) electrons. The van der Waals surface area contributed by atoms with E-state index in [0.717, 1.165) is 0 Å². The first kappa shape index (κ1) is 31.0. The Bertz CT molecular complexity index is 1190. The molecule has 8 nitrogen and oxygen atoms in total. The van der Waals surface area contributed by atoms with Gasteiger partial charge >= 0.3 is 5.97 Å². The molecule has 3 heterocycles. The highest BCUT2D eigenvalue weighted by molar-refractivity contribution is 5.99. The van der Waals surface area contributed by atoms with Crippen LogP contribution in [0.15, 0.2) is 55.6 Å². The second kappa shape index (κ2) is 11.0. The van der Waals surface area contributed by atoms with Crippen molar-refractivity contribution in [2.24, 2.45) is 17.3 Å². The average Bonchev–Trinajstić information content (AvgIpc) is 3.46. The van der Waals surface area contributed by atoms with Crippen LogP contribution in [-0.2, 0) is 23.9 Å². The number of fused-ring (bicyclic) bond motifs is 1. The minimum Gasteiger partial charge on any atom is -0.461 e. The highest BCUT2D eigenvalue weighted by atomic mass is 16.6. The van der Waals surface area contributed by atoms with E-state index >= 15 is 0 Å². The Hall–Kier alpha value is -2.97. The predicted octanol–water partition coefficient (Wildman–Crippen LogP) is 4.44. The van der Waals surface area contributed by atoms with E-state index in [1.165, 1.54) is 11.0 Å². The number of benzene rings is 1. The van der Waals surface area contributed by atoms with Gasteiger partial charge in [0.15, 0.2) is 0 Å². The fourth-order valence-electron chi connectivity index (χ4n) is 7.90. The molecule has 0 aromatic heterocycles. The zero-order valence-electron chi connectivity index (χ0n) is 25.4. The summed E-state index contributed by atoms with van der Waals surface area (Å²) in [5.41, 5.74) is -2.15. The van der Waals surface area contributed by atoms with Gasteiger partial charge in [-0.05, 0) is 51.0 Å². The molecule has 4 rings (SSSR count). The molecule has 8 heteroatoms. The number of aliphatic hydroxyl groups excluding tert-OH is 1. The van der Waals surface area contributed by atoms with Crippen LogP contribution in [0.25, 0.3) is 0 Å². The van der Waals surface area contributed by atoms with E-state index in [1.807, 2.05) is 51.1 Å². The summed E-state index contributed by atoms with van der Waals surface area (Å²) in [5, 5.41) is 10.7. The van der Waals surface area contributed by atoms with Crippen molar-refractivity contribution in [3.8, 4) is 0 Å². The summed E-state index contributed by atoms with van der Waals surface area (Å²) in [6, 6.07) is 7.36. The zero-order valence-corrected chi connectivity index (χ0v) is 25.4. The lowest BCUT2D eigenvalue weighted by Gasteiger charge is -2.46. The molecular weight excluding hydrogens is 520 g/mol. The third-order valence-corrected chi connectivity index (χ3v) is 9.01. The van der Waals surface area contributed by atoms with Crippen LogP contribution in [0.1, 0.15) is 72.4 Å². The zero-order chi connectivity index (χ0) is 30.4. The Balaban J connectivity index is 1.88.